The van der Waals surface area contributed by atoms with E-state index in [1.54, 1.807) is 32.9 Å². The first kappa shape index (κ1) is 22.4. The third kappa shape index (κ3) is 5.66. The maximum absolute atomic E-state index is 13.3. The molecule has 0 atom stereocenters. The molecule has 0 saturated heterocycles. The minimum atomic E-state index is -4.56. The molecule has 0 aromatic heterocycles. The average molecular weight is 427 g/mol. The highest BCUT2D eigenvalue weighted by Gasteiger charge is 2.34. The summed E-state index contributed by atoms with van der Waals surface area (Å²) in [5.74, 6) is 0.0379. The minimum Gasteiger partial charge on any atom is -0.493 e. The van der Waals surface area contributed by atoms with Gasteiger partial charge in [0.05, 0.1) is 17.9 Å². The number of anilines is 1. The fourth-order valence-electron chi connectivity index (χ4n) is 3.49. The zero-order valence-corrected chi connectivity index (χ0v) is 17.6. The standard InChI is InChI=1S/C25H24F3NO2/c1-16-9-10-21(25(26,27)28)22(13-16)29-24(30)23-17(2)14-20(15-18(23)3)31-12-11-19-7-5-4-6-8-19/h4-10,13-15H,11-12H2,1-3H3,(H,29,30). The summed E-state index contributed by atoms with van der Waals surface area (Å²) in [6.07, 6.45) is -3.81. The largest absolute Gasteiger partial charge is 0.493 e. The van der Waals surface area contributed by atoms with Crippen molar-refractivity contribution in [2.75, 3.05) is 11.9 Å². The molecule has 3 nitrogen and oxygen atoms in total. The van der Waals surface area contributed by atoms with E-state index in [0.29, 0.717) is 34.6 Å². The van der Waals surface area contributed by atoms with Crippen LogP contribution in [0.4, 0.5) is 18.9 Å². The predicted molar refractivity (Wildman–Crippen MR) is 116 cm³/mol. The van der Waals surface area contributed by atoms with Crippen LogP contribution in [-0.4, -0.2) is 12.5 Å². The van der Waals surface area contributed by atoms with E-state index in [-0.39, 0.29) is 5.69 Å². The van der Waals surface area contributed by atoms with Crippen LogP contribution in [0.1, 0.15) is 38.2 Å². The SMILES string of the molecule is Cc1ccc(C(F)(F)F)c(NC(=O)c2c(C)cc(OCCc3ccccc3)cc2C)c1. The number of carbonyl (C=O) groups is 1. The average Bonchev–Trinajstić information content (AvgIpc) is 2.67. The van der Waals surface area contributed by atoms with Crippen LogP contribution in [0.5, 0.6) is 5.75 Å². The number of nitrogens with one attached hydrogen (secondary N) is 1. The molecule has 0 aliphatic carbocycles. The number of amides is 1. The van der Waals surface area contributed by atoms with E-state index in [4.69, 9.17) is 4.74 Å². The van der Waals surface area contributed by atoms with Crippen LogP contribution in [0.15, 0.2) is 60.7 Å². The Morgan fingerprint density at radius 2 is 1.58 bits per heavy atom. The summed E-state index contributed by atoms with van der Waals surface area (Å²) in [6.45, 7) is 5.64. The van der Waals surface area contributed by atoms with Crippen molar-refractivity contribution < 1.29 is 22.7 Å². The highest BCUT2D eigenvalue weighted by Crippen LogP contribution is 2.36. The van der Waals surface area contributed by atoms with Crippen molar-refractivity contribution in [2.24, 2.45) is 0 Å². The Balaban J connectivity index is 1.76. The fraction of sp³-hybridized carbons (Fsp3) is 0.240. The van der Waals surface area contributed by atoms with Crippen molar-refractivity contribution in [3.05, 3.63) is 94.0 Å². The molecule has 162 valence electrons. The van der Waals surface area contributed by atoms with Crippen LogP contribution in [0, 0.1) is 20.8 Å². The Morgan fingerprint density at radius 1 is 0.935 bits per heavy atom. The number of hydrogen-bond donors (Lipinski definition) is 1. The van der Waals surface area contributed by atoms with Gasteiger partial charge in [-0.05, 0) is 67.3 Å². The van der Waals surface area contributed by atoms with Gasteiger partial charge in [-0.2, -0.15) is 13.2 Å². The van der Waals surface area contributed by atoms with Gasteiger partial charge in [0.15, 0.2) is 0 Å². The Bertz CT molecular complexity index is 1050. The van der Waals surface area contributed by atoms with Gasteiger partial charge in [-0.3, -0.25) is 4.79 Å². The van der Waals surface area contributed by atoms with Crippen molar-refractivity contribution in [1.82, 2.24) is 0 Å². The van der Waals surface area contributed by atoms with Crippen molar-refractivity contribution in [3.8, 4) is 5.75 Å². The number of ether oxygens (including phenoxy) is 1. The molecule has 0 aliphatic rings. The summed E-state index contributed by atoms with van der Waals surface area (Å²) in [6, 6.07) is 17.1. The van der Waals surface area contributed by atoms with E-state index in [1.165, 1.54) is 12.1 Å². The summed E-state index contributed by atoms with van der Waals surface area (Å²) in [5.41, 5.74) is 2.26. The number of carbonyl (C=O) groups excluding carboxylic acids is 1. The lowest BCUT2D eigenvalue weighted by Crippen LogP contribution is -2.19. The molecule has 0 heterocycles. The number of halogens is 3. The van der Waals surface area contributed by atoms with E-state index < -0.39 is 17.6 Å². The van der Waals surface area contributed by atoms with Gasteiger partial charge in [0.25, 0.3) is 5.91 Å². The van der Waals surface area contributed by atoms with E-state index in [2.05, 4.69) is 5.32 Å². The molecule has 0 radical (unpaired) electrons. The van der Waals surface area contributed by atoms with Gasteiger partial charge in [0, 0.05) is 12.0 Å². The molecule has 31 heavy (non-hydrogen) atoms. The topological polar surface area (TPSA) is 38.3 Å². The number of benzene rings is 3. The summed E-state index contributed by atoms with van der Waals surface area (Å²) < 4.78 is 45.8. The summed E-state index contributed by atoms with van der Waals surface area (Å²) in [7, 11) is 0. The van der Waals surface area contributed by atoms with Gasteiger partial charge < -0.3 is 10.1 Å². The molecule has 1 N–H and O–H groups in total. The monoisotopic (exact) mass is 427 g/mol. The van der Waals surface area contributed by atoms with Crippen molar-refractivity contribution in [1.29, 1.82) is 0 Å². The minimum absolute atomic E-state index is 0.250. The quantitative estimate of drug-likeness (QED) is 0.487. The van der Waals surface area contributed by atoms with Crippen molar-refractivity contribution in [2.45, 2.75) is 33.4 Å². The van der Waals surface area contributed by atoms with Crippen LogP contribution >= 0.6 is 0 Å². The number of alkyl halides is 3. The zero-order valence-electron chi connectivity index (χ0n) is 17.6. The molecule has 0 unspecified atom stereocenters. The molecule has 3 aromatic rings. The normalized spacial score (nSPS) is 11.3. The smallest absolute Gasteiger partial charge is 0.418 e. The molecule has 1 amide bonds. The second kappa shape index (κ2) is 9.25. The van der Waals surface area contributed by atoms with Crippen LogP contribution in [-0.2, 0) is 12.6 Å². The van der Waals surface area contributed by atoms with Gasteiger partial charge in [0.2, 0.25) is 0 Å². The van der Waals surface area contributed by atoms with Crippen LogP contribution in [0.25, 0.3) is 0 Å². The second-order valence-corrected chi connectivity index (χ2v) is 7.52. The first-order valence-electron chi connectivity index (χ1n) is 9.92. The van der Waals surface area contributed by atoms with E-state index in [0.717, 1.165) is 18.1 Å². The number of hydrogen-bond acceptors (Lipinski definition) is 2. The van der Waals surface area contributed by atoms with E-state index >= 15 is 0 Å². The summed E-state index contributed by atoms with van der Waals surface area (Å²) in [4.78, 5) is 12.8. The summed E-state index contributed by atoms with van der Waals surface area (Å²) in [5, 5.41) is 2.44. The van der Waals surface area contributed by atoms with Gasteiger partial charge in [-0.25, -0.2) is 0 Å². The van der Waals surface area contributed by atoms with Gasteiger partial charge in [-0.1, -0.05) is 36.4 Å². The highest BCUT2D eigenvalue weighted by atomic mass is 19.4. The molecule has 6 heteroatoms. The molecule has 0 spiro atoms. The highest BCUT2D eigenvalue weighted by molar-refractivity contribution is 6.06. The van der Waals surface area contributed by atoms with Crippen molar-refractivity contribution >= 4 is 11.6 Å². The van der Waals surface area contributed by atoms with E-state index in [9.17, 15) is 18.0 Å². The van der Waals surface area contributed by atoms with E-state index in [1.807, 2.05) is 30.3 Å². The number of rotatable bonds is 6. The molecule has 0 fully saturated rings. The lowest BCUT2D eigenvalue weighted by Gasteiger charge is -2.17. The molecular formula is C25H24F3NO2. The molecule has 0 bridgehead atoms. The zero-order chi connectivity index (χ0) is 22.6. The van der Waals surface area contributed by atoms with Crippen LogP contribution < -0.4 is 10.1 Å². The molecular weight excluding hydrogens is 403 g/mol. The third-order valence-electron chi connectivity index (χ3n) is 4.96. The maximum Gasteiger partial charge on any atom is 0.418 e. The van der Waals surface area contributed by atoms with Gasteiger partial charge in [-0.15, -0.1) is 0 Å². The third-order valence-corrected chi connectivity index (χ3v) is 4.96. The molecule has 3 aromatic carbocycles. The van der Waals surface area contributed by atoms with Gasteiger partial charge >= 0.3 is 6.18 Å². The van der Waals surface area contributed by atoms with Crippen LogP contribution in [0.2, 0.25) is 0 Å². The Kier molecular flexibility index (Phi) is 6.68. The fourth-order valence-corrected chi connectivity index (χ4v) is 3.49. The predicted octanol–water partition coefficient (Wildman–Crippen LogP) is 6.50. The second-order valence-electron chi connectivity index (χ2n) is 7.52. The first-order chi connectivity index (χ1) is 14.6. The van der Waals surface area contributed by atoms with Crippen molar-refractivity contribution in [3.63, 3.8) is 0 Å². The lowest BCUT2D eigenvalue weighted by atomic mass is 10.0. The Hall–Kier alpha value is -3.28. The first-order valence-corrected chi connectivity index (χ1v) is 9.92. The molecule has 3 rings (SSSR count). The maximum atomic E-state index is 13.3. The van der Waals surface area contributed by atoms with Gasteiger partial charge in [0.1, 0.15) is 5.75 Å². The molecule has 0 aliphatic heterocycles. The summed E-state index contributed by atoms with van der Waals surface area (Å²) >= 11 is 0. The lowest BCUT2D eigenvalue weighted by molar-refractivity contribution is -0.136. The molecule has 0 saturated carbocycles. The van der Waals surface area contributed by atoms with Crippen LogP contribution in [0.3, 0.4) is 0 Å². The number of aryl methyl sites for hydroxylation is 3. The Labute approximate surface area is 179 Å². The Morgan fingerprint density at radius 3 is 2.19 bits per heavy atom.